The molecule has 186 valence electrons. The molecule has 10 heteroatoms. The van der Waals surface area contributed by atoms with Crippen LogP contribution in [0, 0.1) is 0 Å². The Morgan fingerprint density at radius 3 is 1.19 bits per heavy atom. The lowest BCUT2D eigenvalue weighted by Crippen LogP contribution is -2.44. The number of urea groups is 2. The number of hydrogen-bond donors (Lipinski definition) is 6. The maximum Gasteiger partial charge on any atom is 0.326 e. The average Bonchev–Trinajstić information content (AvgIpc) is 2.85. The fraction of sp³-hybridized carbons (Fsp3) is 0.154. The molecule has 6 N–H and O–H groups in total. The van der Waals surface area contributed by atoms with Crippen LogP contribution in [0.1, 0.15) is 11.1 Å². The van der Waals surface area contributed by atoms with Gasteiger partial charge in [-0.25, -0.2) is 19.2 Å². The third-order valence-corrected chi connectivity index (χ3v) is 5.17. The molecule has 0 bridgehead atoms. The first kappa shape index (κ1) is 25.8. The van der Waals surface area contributed by atoms with Crippen molar-refractivity contribution in [1.29, 1.82) is 0 Å². The standard InChI is InChI=1S/C26H26N4O6/c31-23(32)21(15-17-7-3-1-4-8-17)29-25(35)27-19-11-13-20(14-12-19)28-26(36)30-22(24(33)34)16-18-9-5-2-6-10-18/h1-14,21-22H,15-16H2,(H,31,32)(H,33,34)(H2,27,29,35)(H2,28,30,36)/t21-,22-/m0/s1. The molecule has 10 nitrogen and oxygen atoms in total. The van der Waals surface area contributed by atoms with Gasteiger partial charge in [0.1, 0.15) is 12.1 Å². The lowest BCUT2D eigenvalue weighted by Gasteiger charge is -2.16. The number of anilines is 2. The van der Waals surface area contributed by atoms with Crippen LogP contribution in [-0.4, -0.2) is 46.3 Å². The topological polar surface area (TPSA) is 157 Å². The van der Waals surface area contributed by atoms with E-state index in [9.17, 15) is 29.4 Å². The Bertz CT molecular complexity index is 1090. The smallest absolute Gasteiger partial charge is 0.326 e. The molecular formula is C26H26N4O6. The number of carbonyl (C=O) groups is 4. The molecule has 0 fully saturated rings. The van der Waals surface area contributed by atoms with Crippen molar-refractivity contribution in [2.24, 2.45) is 0 Å². The summed E-state index contributed by atoms with van der Waals surface area (Å²) in [6, 6.07) is 20.3. The number of hydrogen-bond acceptors (Lipinski definition) is 4. The molecule has 0 radical (unpaired) electrons. The van der Waals surface area contributed by atoms with Crippen molar-refractivity contribution in [2.45, 2.75) is 24.9 Å². The van der Waals surface area contributed by atoms with Gasteiger partial charge in [0.2, 0.25) is 0 Å². The van der Waals surface area contributed by atoms with Crippen molar-refractivity contribution in [3.63, 3.8) is 0 Å². The fourth-order valence-electron chi connectivity index (χ4n) is 3.39. The maximum atomic E-state index is 12.3. The largest absolute Gasteiger partial charge is 0.480 e. The summed E-state index contributed by atoms with van der Waals surface area (Å²) >= 11 is 0. The fourth-order valence-corrected chi connectivity index (χ4v) is 3.39. The molecule has 4 amide bonds. The quantitative estimate of drug-likeness (QED) is 0.256. The summed E-state index contributed by atoms with van der Waals surface area (Å²) in [6.07, 6.45) is 0.256. The second kappa shape index (κ2) is 12.6. The Labute approximate surface area is 207 Å². The van der Waals surface area contributed by atoms with Gasteiger partial charge in [-0.1, -0.05) is 60.7 Å². The van der Waals surface area contributed by atoms with Crippen LogP contribution in [-0.2, 0) is 22.4 Å². The van der Waals surface area contributed by atoms with E-state index in [0.29, 0.717) is 11.4 Å². The van der Waals surface area contributed by atoms with Crippen LogP contribution in [0.3, 0.4) is 0 Å². The number of carbonyl (C=O) groups excluding carboxylic acids is 2. The predicted molar refractivity (Wildman–Crippen MR) is 134 cm³/mol. The summed E-state index contributed by atoms with van der Waals surface area (Å²) in [5.41, 5.74) is 2.28. The van der Waals surface area contributed by atoms with Gasteiger partial charge in [-0.15, -0.1) is 0 Å². The predicted octanol–water partition coefficient (Wildman–Crippen LogP) is 3.32. The molecule has 0 heterocycles. The van der Waals surface area contributed by atoms with Gasteiger partial charge in [0.25, 0.3) is 0 Å². The van der Waals surface area contributed by atoms with E-state index < -0.39 is 36.1 Å². The summed E-state index contributed by atoms with van der Waals surface area (Å²) in [6.45, 7) is 0. The molecule has 2 atom stereocenters. The van der Waals surface area contributed by atoms with Crippen molar-refractivity contribution >= 4 is 35.4 Å². The van der Waals surface area contributed by atoms with E-state index in [2.05, 4.69) is 21.3 Å². The maximum absolute atomic E-state index is 12.3. The molecule has 0 spiro atoms. The molecule has 3 aromatic carbocycles. The van der Waals surface area contributed by atoms with Gasteiger partial charge in [0.15, 0.2) is 0 Å². The van der Waals surface area contributed by atoms with Crippen LogP contribution in [0.4, 0.5) is 21.0 Å². The molecule has 0 aliphatic carbocycles. The van der Waals surface area contributed by atoms with Crippen molar-refractivity contribution < 1.29 is 29.4 Å². The first-order valence-corrected chi connectivity index (χ1v) is 11.1. The SMILES string of the molecule is O=C(Nc1ccc(NC(=O)N[C@@H](Cc2ccccc2)C(=O)O)cc1)N[C@@H](Cc1ccccc1)C(=O)O. The molecule has 0 saturated carbocycles. The monoisotopic (exact) mass is 490 g/mol. The Balaban J connectivity index is 1.51. The Kier molecular flexibility index (Phi) is 8.99. The zero-order valence-corrected chi connectivity index (χ0v) is 19.2. The second-order valence-corrected chi connectivity index (χ2v) is 7.94. The van der Waals surface area contributed by atoms with Crippen LogP contribution in [0.25, 0.3) is 0 Å². The number of nitrogens with one attached hydrogen (secondary N) is 4. The van der Waals surface area contributed by atoms with Gasteiger partial charge in [0.05, 0.1) is 0 Å². The van der Waals surface area contributed by atoms with Crippen LogP contribution >= 0.6 is 0 Å². The molecule has 0 aromatic heterocycles. The highest BCUT2D eigenvalue weighted by Gasteiger charge is 2.21. The van der Waals surface area contributed by atoms with Gasteiger partial charge in [-0.05, 0) is 35.4 Å². The van der Waals surface area contributed by atoms with E-state index in [1.807, 2.05) is 12.1 Å². The lowest BCUT2D eigenvalue weighted by atomic mass is 10.1. The minimum atomic E-state index is -1.16. The number of amides is 4. The minimum Gasteiger partial charge on any atom is -0.480 e. The summed E-state index contributed by atoms with van der Waals surface area (Å²) in [5, 5.41) is 28.8. The van der Waals surface area contributed by atoms with Crippen molar-refractivity contribution in [1.82, 2.24) is 10.6 Å². The molecule has 0 aliphatic heterocycles. The molecule has 36 heavy (non-hydrogen) atoms. The van der Waals surface area contributed by atoms with E-state index >= 15 is 0 Å². The molecule has 0 unspecified atom stereocenters. The van der Waals surface area contributed by atoms with Crippen molar-refractivity contribution in [2.75, 3.05) is 10.6 Å². The van der Waals surface area contributed by atoms with Crippen LogP contribution in [0.5, 0.6) is 0 Å². The molecule has 0 aliphatic rings. The van der Waals surface area contributed by atoms with Gasteiger partial charge >= 0.3 is 24.0 Å². The number of aliphatic carboxylic acids is 2. The lowest BCUT2D eigenvalue weighted by molar-refractivity contribution is -0.140. The Morgan fingerprint density at radius 1 is 0.556 bits per heavy atom. The normalized spacial score (nSPS) is 12.0. The average molecular weight is 491 g/mol. The number of carboxylic acid groups (broad SMARTS) is 2. The third kappa shape index (κ3) is 8.17. The summed E-state index contributed by atoms with van der Waals surface area (Å²) < 4.78 is 0. The number of carboxylic acids is 2. The number of benzene rings is 3. The Hall–Kier alpha value is -4.86. The minimum absolute atomic E-state index is 0.128. The number of rotatable bonds is 10. The first-order chi connectivity index (χ1) is 17.3. The summed E-state index contributed by atoms with van der Waals surface area (Å²) in [4.78, 5) is 47.7. The summed E-state index contributed by atoms with van der Waals surface area (Å²) in [7, 11) is 0. The Morgan fingerprint density at radius 2 is 0.889 bits per heavy atom. The van der Waals surface area contributed by atoms with E-state index in [4.69, 9.17) is 0 Å². The van der Waals surface area contributed by atoms with Crippen molar-refractivity contribution in [3.05, 3.63) is 96.1 Å². The van der Waals surface area contributed by atoms with E-state index in [0.717, 1.165) is 11.1 Å². The highest BCUT2D eigenvalue weighted by atomic mass is 16.4. The highest BCUT2D eigenvalue weighted by molar-refractivity contribution is 5.94. The van der Waals surface area contributed by atoms with Gasteiger partial charge in [-0.2, -0.15) is 0 Å². The van der Waals surface area contributed by atoms with Crippen LogP contribution in [0.15, 0.2) is 84.9 Å². The van der Waals surface area contributed by atoms with Gasteiger partial charge < -0.3 is 31.5 Å². The zero-order chi connectivity index (χ0) is 25.9. The second-order valence-electron chi connectivity index (χ2n) is 7.94. The van der Waals surface area contributed by atoms with Gasteiger partial charge in [0, 0.05) is 24.2 Å². The third-order valence-electron chi connectivity index (χ3n) is 5.17. The molecule has 3 aromatic rings. The van der Waals surface area contributed by atoms with Crippen LogP contribution in [0.2, 0.25) is 0 Å². The van der Waals surface area contributed by atoms with Crippen molar-refractivity contribution in [3.8, 4) is 0 Å². The van der Waals surface area contributed by atoms with E-state index in [-0.39, 0.29) is 12.8 Å². The zero-order valence-electron chi connectivity index (χ0n) is 19.2. The van der Waals surface area contributed by atoms with Crippen LogP contribution < -0.4 is 21.3 Å². The molecule has 0 saturated heterocycles. The molecule has 3 rings (SSSR count). The first-order valence-electron chi connectivity index (χ1n) is 11.1. The van der Waals surface area contributed by atoms with E-state index in [1.54, 1.807) is 48.5 Å². The molecular weight excluding hydrogens is 464 g/mol. The van der Waals surface area contributed by atoms with E-state index in [1.165, 1.54) is 24.3 Å². The highest BCUT2D eigenvalue weighted by Crippen LogP contribution is 2.14. The van der Waals surface area contributed by atoms with Gasteiger partial charge in [-0.3, -0.25) is 0 Å². The summed E-state index contributed by atoms with van der Waals surface area (Å²) in [5.74, 6) is -2.32.